The van der Waals surface area contributed by atoms with Crippen molar-refractivity contribution in [2.24, 2.45) is 4.36 Å². The van der Waals surface area contributed by atoms with Crippen molar-refractivity contribution in [3.63, 3.8) is 0 Å². The highest BCUT2D eigenvalue weighted by Gasteiger charge is 2.32. The molecule has 1 heterocycles. The van der Waals surface area contributed by atoms with Crippen LogP contribution in [0.4, 0.5) is 21.5 Å². The summed E-state index contributed by atoms with van der Waals surface area (Å²) in [4.78, 5) is 27.4. The number of rotatable bonds is 9. The van der Waals surface area contributed by atoms with E-state index in [2.05, 4.69) is 14.4 Å². The molecular formula is C30H39FN6O3S. The average molecular weight is 583 g/mol. The molecule has 1 amide bonds. The normalized spacial score (nSPS) is 13.8. The van der Waals surface area contributed by atoms with Gasteiger partial charge in [0.05, 0.1) is 34.4 Å². The zero-order valence-corrected chi connectivity index (χ0v) is 25.7. The number of allylic oxidation sites excluding steroid dienone is 1. The lowest BCUT2D eigenvalue weighted by Crippen LogP contribution is -2.32. The Bertz CT molecular complexity index is 1650. The summed E-state index contributed by atoms with van der Waals surface area (Å²) in [6, 6.07) is 11.7. The third kappa shape index (κ3) is 7.28. The summed E-state index contributed by atoms with van der Waals surface area (Å²) >= 11 is 0. The number of anilines is 2. The van der Waals surface area contributed by atoms with Crippen LogP contribution in [0.25, 0.3) is 17.0 Å². The molecule has 1 atom stereocenters. The molecule has 0 aliphatic heterocycles. The van der Waals surface area contributed by atoms with Crippen molar-refractivity contribution in [2.45, 2.75) is 53.5 Å². The minimum absolute atomic E-state index is 0.0772. The molecular weight excluding hydrogens is 543 g/mol. The Morgan fingerprint density at radius 1 is 1.20 bits per heavy atom. The van der Waals surface area contributed by atoms with Gasteiger partial charge in [-0.3, -0.25) is 9.59 Å². The molecule has 1 saturated carbocycles. The summed E-state index contributed by atoms with van der Waals surface area (Å²) in [5, 5.41) is 7.84. The van der Waals surface area contributed by atoms with Gasteiger partial charge in [-0.2, -0.15) is 9.46 Å². The van der Waals surface area contributed by atoms with Crippen LogP contribution in [0.1, 0.15) is 57.7 Å². The van der Waals surface area contributed by atoms with Gasteiger partial charge in [-0.15, -0.1) is 0 Å². The van der Waals surface area contributed by atoms with Crippen LogP contribution in [-0.4, -0.2) is 40.8 Å². The quantitative estimate of drug-likeness (QED) is 0.299. The summed E-state index contributed by atoms with van der Waals surface area (Å²) in [6.07, 6.45) is 3.70. The van der Waals surface area contributed by atoms with E-state index in [1.165, 1.54) is 21.9 Å². The zero-order valence-electron chi connectivity index (χ0n) is 24.9. The van der Waals surface area contributed by atoms with E-state index in [1.807, 2.05) is 27.7 Å². The lowest BCUT2D eigenvalue weighted by Gasteiger charge is -2.24. The molecule has 1 aliphatic rings. The van der Waals surface area contributed by atoms with Crippen LogP contribution in [-0.2, 0) is 14.7 Å². The van der Waals surface area contributed by atoms with Crippen LogP contribution in [0.2, 0.25) is 0 Å². The Balaban J connectivity index is 0.00000226. The van der Waals surface area contributed by atoms with Crippen molar-refractivity contribution >= 4 is 39.1 Å². The topological polar surface area (TPSA) is 109 Å². The fourth-order valence-corrected chi connectivity index (χ4v) is 4.77. The van der Waals surface area contributed by atoms with E-state index >= 15 is 0 Å². The molecule has 1 aromatic heterocycles. The average Bonchev–Trinajstić information content (AvgIpc) is 3.78. The number of benzene rings is 2. The van der Waals surface area contributed by atoms with Gasteiger partial charge in [0, 0.05) is 18.9 Å². The van der Waals surface area contributed by atoms with Gasteiger partial charge >= 0.3 is 0 Å². The van der Waals surface area contributed by atoms with Gasteiger partial charge in [0.1, 0.15) is 21.4 Å². The maximum atomic E-state index is 14.9. The van der Waals surface area contributed by atoms with E-state index in [9.17, 15) is 18.2 Å². The molecule has 0 saturated heterocycles. The number of carbonyl (C=O) groups is 1. The van der Waals surface area contributed by atoms with Crippen LogP contribution in [0, 0.1) is 12.7 Å². The molecule has 1 aliphatic carbocycles. The highest BCUT2D eigenvalue weighted by Crippen LogP contribution is 2.39. The number of nitrogens with one attached hydrogen (secondary N) is 2. The van der Waals surface area contributed by atoms with E-state index in [1.54, 1.807) is 57.4 Å². The Morgan fingerprint density at radius 2 is 1.88 bits per heavy atom. The second-order valence-electron chi connectivity index (χ2n) is 9.90. The summed E-state index contributed by atoms with van der Waals surface area (Å²) in [6.45, 7) is 9.42. The zero-order chi connectivity index (χ0) is 30.5. The second kappa shape index (κ2) is 13.2. The summed E-state index contributed by atoms with van der Waals surface area (Å²) in [7, 11) is 0.443. The predicted molar refractivity (Wildman–Crippen MR) is 166 cm³/mol. The van der Waals surface area contributed by atoms with Crippen molar-refractivity contribution < 1.29 is 13.4 Å². The van der Waals surface area contributed by atoms with Gasteiger partial charge in [-0.1, -0.05) is 37.6 Å². The summed E-state index contributed by atoms with van der Waals surface area (Å²) < 4.78 is 35.9. The first-order chi connectivity index (χ1) is 19.5. The number of nitrogens with zero attached hydrogens (tertiary/aromatic N) is 4. The van der Waals surface area contributed by atoms with Crippen LogP contribution < -0.4 is 20.5 Å². The van der Waals surface area contributed by atoms with Crippen molar-refractivity contribution in [2.75, 3.05) is 30.6 Å². The monoisotopic (exact) mass is 582 g/mol. The maximum absolute atomic E-state index is 14.9. The lowest BCUT2D eigenvalue weighted by molar-refractivity contribution is -0.107. The molecule has 0 spiro atoms. The minimum Gasteiger partial charge on any atom is -0.352 e. The van der Waals surface area contributed by atoms with Crippen molar-refractivity contribution in [3.8, 4) is 11.3 Å². The maximum Gasteiger partial charge on any atom is 0.278 e. The molecule has 0 bridgehead atoms. The molecule has 41 heavy (non-hydrogen) atoms. The van der Waals surface area contributed by atoms with Gasteiger partial charge < -0.3 is 10.2 Å². The Kier molecular flexibility index (Phi) is 10.2. The van der Waals surface area contributed by atoms with Crippen LogP contribution >= 0.6 is 0 Å². The molecule has 2 aromatic carbocycles. The number of hydrogen-bond acceptors (Lipinski definition) is 6. The van der Waals surface area contributed by atoms with Crippen LogP contribution in [0.3, 0.4) is 0 Å². The molecule has 1 unspecified atom stereocenters. The van der Waals surface area contributed by atoms with E-state index in [-0.39, 0.29) is 28.5 Å². The van der Waals surface area contributed by atoms with E-state index < -0.39 is 15.7 Å². The third-order valence-corrected chi connectivity index (χ3v) is 7.72. The minimum atomic E-state index is -2.67. The molecule has 1 fully saturated rings. The highest BCUT2D eigenvalue weighted by atomic mass is 32.2. The summed E-state index contributed by atoms with van der Waals surface area (Å²) in [5.41, 5.74) is 3.57. The molecule has 9 nitrogen and oxygen atoms in total. The Labute approximate surface area is 241 Å². The fraction of sp³-hybridized carbons (Fsp3) is 0.367. The largest absolute Gasteiger partial charge is 0.352 e. The van der Waals surface area contributed by atoms with E-state index in [4.69, 9.17) is 5.10 Å². The molecule has 4 rings (SSSR count). The van der Waals surface area contributed by atoms with Gasteiger partial charge in [0.15, 0.2) is 0 Å². The van der Waals surface area contributed by atoms with Gasteiger partial charge in [0.2, 0.25) is 6.41 Å². The molecule has 2 N–H and O–H groups in total. The molecule has 220 valence electrons. The standard InChI is InChI=1S/C28H33FN6O3S.C2H6/c1-17(2)25(31-23-13-10-18(3)14-22(23)29)24-27(34(5)16-36)26(32-35(28(24)37)21-11-12-21)19-8-7-9-20(15-19)33-39(6,38)30-4;1-2/h7-10,13-16,21,31H,11-12H2,1-6H3,(H,30,33,38);1-2H3. The Morgan fingerprint density at radius 3 is 2.44 bits per heavy atom. The van der Waals surface area contributed by atoms with Gasteiger partial charge in [-0.25, -0.2) is 18.0 Å². The highest BCUT2D eigenvalue weighted by molar-refractivity contribution is 7.91. The van der Waals surface area contributed by atoms with Crippen molar-refractivity contribution in [1.82, 2.24) is 14.5 Å². The first-order valence-corrected chi connectivity index (χ1v) is 15.4. The smallest absolute Gasteiger partial charge is 0.278 e. The lowest BCUT2D eigenvalue weighted by atomic mass is 10.0. The van der Waals surface area contributed by atoms with E-state index in [0.29, 0.717) is 29.1 Å². The van der Waals surface area contributed by atoms with Crippen molar-refractivity contribution in [3.05, 3.63) is 75.3 Å². The number of amides is 1. The van der Waals surface area contributed by atoms with E-state index in [0.717, 1.165) is 24.0 Å². The molecule has 0 radical (unpaired) electrons. The molecule has 11 heteroatoms. The molecule has 3 aromatic rings. The second-order valence-corrected chi connectivity index (χ2v) is 12.1. The first kappa shape index (κ1) is 31.7. The predicted octanol–water partition coefficient (Wildman–Crippen LogP) is 6.04. The van der Waals surface area contributed by atoms with Crippen LogP contribution in [0.15, 0.2) is 57.2 Å². The van der Waals surface area contributed by atoms with Gasteiger partial charge in [-0.05, 0) is 70.5 Å². The SMILES string of the molecule is CC.CNS(C)(=O)=Nc1cccc(-c2nn(C3CC3)c(=O)c(C(Nc3ccc(C)cc3F)=C(C)C)c2N(C)C=O)c1. The third-order valence-electron chi connectivity index (χ3n) is 6.41. The fourth-order valence-electron chi connectivity index (χ4n) is 4.17. The first-order valence-electron chi connectivity index (χ1n) is 13.5. The van der Waals surface area contributed by atoms with Gasteiger partial charge in [0.25, 0.3) is 5.56 Å². The van der Waals surface area contributed by atoms with Crippen molar-refractivity contribution in [1.29, 1.82) is 0 Å². The number of hydrogen-bond donors (Lipinski definition) is 2. The number of halogens is 1. The number of aryl methyl sites for hydroxylation is 1. The number of carbonyl (C=O) groups excluding carboxylic acids is 1. The number of aromatic nitrogens is 2. The summed E-state index contributed by atoms with van der Waals surface area (Å²) in [5.74, 6) is -0.460. The Hall–Kier alpha value is -3.83. The van der Waals surface area contributed by atoms with Crippen LogP contribution in [0.5, 0.6) is 0 Å².